The lowest BCUT2D eigenvalue weighted by Crippen LogP contribution is -2.15. The van der Waals surface area contributed by atoms with Crippen LogP contribution in [0.3, 0.4) is 0 Å². The molecule has 2 aromatic rings. The summed E-state index contributed by atoms with van der Waals surface area (Å²) in [5.74, 6) is 0.941. The molecule has 0 aliphatic heterocycles. The van der Waals surface area contributed by atoms with Gasteiger partial charge in [-0.05, 0) is 30.2 Å². The lowest BCUT2D eigenvalue weighted by Gasteiger charge is -2.12. The molecule has 0 heterocycles. The Morgan fingerprint density at radius 3 is 2.32 bits per heavy atom. The molecule has 0 spiro atoms. The zero-order chi connectivity index (χ0) is 16.2. The quantitative estimate of drug-likeness (QED) is 0.888. The summed E-state index contributed by atoms with van der Waals surface area (Å²) in [5.41, 5.74) is 2.15. The van der Waals surface area contributed by atoms with Gasteiger partial charge in [-0.15, -0.1) is 0 Å². The van der Waals surface area contributed by atoms with Crippen LogP contribution in [0, 0.1) is 6.92 Å². The van der Waals surface area contributed by atoms with Gasteiger partial charge in [-0.3, -0.25) is 4.72 Å². The number of hydrogen-bond donors (Lipinski definition) is 1. The predicted octanol–water partition coefficient (Wildman–Crippen LogP) is 2.95. The first kappa shape index (κ1) is 16.2. The van der Waals surface area contributed by atoms with Crippen LogP contribution < -0.4 is 14.2 Å². The van der Waals surface area contributed by atoms with Crippen molar-refractivity contribution in [2.75, 3.05) is 18.9 Å². The first-order valence-electron chi connectivity index (χ1n) is 6.72. The molecule has 22 heavy (non-hydrogen) atoms. The van der Waals surface area contributed by atoms with Crippen molar-refractivity contribution < 1.29 is 17.9 Å². The van der Waals surface area contributed by atoms with Crippen LogP contribution in [0.5, 0.6) is 11.5 Å². The predicted molar refractivity (Wildman–Crippen MR) is 87.0 cm³/mol. The molecule has 0 unspecified atom stereocenters. The van der Waals surface area contributed by atoms with Crippen molar-refractivity contribution in [3.8, 4) is 11.5 Å². The van der Waals surface area contributed by atoms with E-state index in [4.69, 9.17) is 9.47 Å². The average molecular weight is 321 g/mol. The number of aryl methyl sites for hydroxylation is 1. The molecule has 0 saturated carbocycles. The summed E-state index contributed by atoms with van der Waals surface area (Å²) >= 11 is 0. The number of hydrogen-bond acceptors (Lipinski definition) is 4. The summed E-state index contributed by atoms with van der Waals surface area (Å²) in [6.45, 7) is 1.89. The standard InChI is InChI=1S/C16H19NO4S/c1-12-6-4-5-7-13(12)11-22(18,19)17-14-8-9-15(20-2)16(10-14)21-3/h4-10,17H,11H2,1-3H3. The molecule has 0 aliphatic carbocycles. The summed E-state index contributed by atoms with van der Waals surface area (Å²) in [7, 11) is -0.470. The topological polar surface area (TPSA) is 64.6 Å². The van der Waals surface area contributed by atoms with Crippen LogP contribution in [0.1, 0.15) is 11.1 Å². The maximum atomic E-state index is 12.3. The lowest BCUT2D eigenvalue weighted by atomic mass is 10.1. The summed E-state index contributed by atoms with van der Waals surface area (Å²) < 4.78 is 37.4. The zero-order valence-electron chi connectivity index (χ0n) is 12.8. The van der Waals surface area contributed by atoms with Gasteiger partial charge in [-0.2, -0.15) is 0 Å². The second-order valence-electron chi connectivity index (χ2n) is 4.86. The van der Waals surface area contributed by atoms with E-state index in [-0.39, 0.29) is 5.75 Å². The normalized spacial score (nSPS) is 11.0. The highest BCUT2D eigenvalue weighted by Crippen LogP contribution is 2.30. The number of nitrogens with one attached hydrogen (secondary N) is 1. The molecule has 0 aromatic heterocycles. The minimum atomic E-state index is -3.50. The van der Waals surface area contributed by atoms with E-state index in [1.54, 1.807) is 18.2 Å². The van der Waals surface area contributed by atoms with Crippen molar-refractivity contribution >= 4 is 15.7 Å². The molecule has 5 nitrogen and oxygen atoms in total. The van der Waals surface area contributed by atoms with E-state index in [1.165, 1.54) is 14.2 Å². The third-order valence-corrected chi connectivity index (χ3v) is 4.50. The molecule has 2 rings (SSSR count). The number of rotatable bonds is 6. The van der Waals surface area contributed by atoms with Gasteiger partial charge >= 0.3 is 0 Å². The van der Waals surface area contributed by atoms with Gasteiger partial charge in [-0.1, -0.05) is 24.3 Å². The van der Waals surface area contributed by atoms with Gasteiger partial charge in [0.1, 0.15) is 0 Å². The lowest BCUT2D eigenvalue weighted by molar-refractivity contribution is 0.355. The summed E-state index contributed by atoms with van der Waals surface area (Å²) in [5, 5.41) is 0. The van der Waals surface area contributed by atoms with Crippen molar-refractivity contribution in [2.24, 2.45) is 0 Å². The van der Waals surface area contributed by atoms with Crippen LogP contribution in [0.15, 0.2) is 42.5 Å². The van der Waals surface area contributed by atoms with E-state index in [0.29, 0.717) is 17.2 Å². The maximum absolute atomic E-state index is 12.3. The molecule has 1 N–H and O–H groups in total. The highest BCUT2D eigenvalue weighted by atomic mass is 32.2. The fourth-order valence-corrected chi connectivity index (χ4v) is 3.38. The number of ether oxygens (including phenoxy) is 2. The van der Waals surface area contributed by atoms with Crippen LogP contribution in [0.2, 0.25) is 0 Å². The number of benzene rings is 2. The molecule has 6 heteroatoms. The number of anilines is 1. The van der Waals surface area contributed by atoms with E-state index in [9.17, 15) is 8.42 Å². The van der Waals surface area contributed by atoms with E-state index in [1.807, 2.05) is 31.2 Å². The fourth-order valence-electron chi connectivity index (χ4n) is 2.09. The second-order valence-corrected chi connectivity index (χ2v) is 6.58. The maximum Gasteiger partial charge on any atom is 0.236 e. The minimum Gasteiger partial charge on any atom is -0.493 e. The molecule has 0 atom stereocenters. The van der Waals surface area contributed by atoms with Crippen molar-refractivity contribution in [3.63, 3.8) is 0 Å². The van der Waals surface area contributed by atoms with E-state index >= 15 is 0 Å². The third kappa shape index (κ3) is 3.92. The Morgan fingerprint density at radius 2 is 1.68 bits per heavy atom. The van der Waals surface area contributed by atoms with Gasteiger partial charge in [0.2, 0.25) is 10.0 Å². The van der Waals surface area contributed by atoms with Crippen LogP contribution >= 0.6 is 0 Å². The molecule has 2 aromatic carbocycles. The fraction of sp³-hybridized carbons (Fsp3) is 0.250. The number of methoxy groups -OCH3 is 2. The van der Waals surface area contributed by atoms with Gasteiger partial charge in [0.25, 0.3) is 0 Å². The number of sulfonamides is 1. The Labute approximate surface area is 130 Å². The van der Waals surface area contributed by atoms with Gasteiger partial charge in [0, 0.05) is 6.07 Å². The van der Waals surface area contributed by atoms with E-state index in [0.717, 1.165) is 11.1 Å². The Bertz CT molecular complexity index is 756. The highest BCUT2D eigenvalue weighted by molar-refractivity contribution is 7.91. The summed E-state index contributed by atoms with van der Waals surface area (Å²) in [4.78, 5) is 0. The van der Waals surface area contributed by atoms with E-state index < -0.39 is 10.0 Å². The first-order chi connectivity index (χ1) is 10.4. The van der Waals surface area contributed by atoms with Crippen molar-refractivity contribution in [1.29, 1.82) is 0 Å². The second kappa shape index (κ2) is 6.70. The highest BCUT2D eigenvalue weighted by Gasteiger charge is 2.14. The third-order valence-electron chi connectivity index (χ3n) is 3.26. The van der Waals surface area contributed by atoms with Crippen LogP contribution in [0.4, 0.5) is 5.69 Å². The Morgan fingerprint density at radius 1 is 1.00 bits per heavy atom. The van der Waals surface area contributed by atoms with Crippen molar-refractivity contribution in [1.82, 2.24) is 0 Å². The van der Waals surface area contributed by atoms with Crippen LogP contribution in [-0.4, -0.2) is 22.6 Å². The van der Waals surface area contributed by atoms with E-state index in [2.05, 4.69) is 4.72 Å². The molecular weight excluding hydrogens is 302 g/mol. The Balaban J connectivity index is 2.20. The van der Waals surface area contributed by atoms with Gasteiger partial charge in [-0.25, -0.2) is 8.42 Å². The minimum absolute atomic E-state index is 0.0754. The molecule has 0 radical (unpaired) electrons. The molecule has 0 saturated heterocycles. The monoisotopic (exact) mass is 321 g/mol. The van der Waals surface area contributed by atoms with Crippen molar-refractivity contribution in [2.45, 2.75) is 12.7 Å². The Kier molecular flexibility index (Phi) is 4.92. The van der Waals surface area contributed by atoms with Crippen molar-refractivity contribution in [3.05, 3.63) is 53.6 Å². The molecule has 0 bridgehead atoms. The largest absolute Gasteiger partial charge is 0.493 e. The summed E-state index contributed by atoms with van der Waals surface area (Å²) in [6.07, 6.45) is 0. The molecule has 0 amide bonds. The van der Waals surface area contributed by atoms with Crippen LogP contribution in [-0.2, 0) is 15.8 Å². The molecule has 0 aliphatic rings. The molecule has 118 valence electrons. The van der Waals surface area contributed by atoms with Crippen LogP contribution in [0.25, 0.3) is 0 Å². The van der Waals surface area contributed by atoms with Gasteiger partial charge in [0.15, 0.2) is 11.5 Å². The Hall–Kier alpha value is -2.21. The molecule has 0 fully saturated rings. The first-order valence-corrected chi connectivity index (χ1v) is 8.37. The average Bonchev–Trinajstić information content (AvgIpc) is 2.49. The summed E-state index contributed by atoms with van der Waals surface area (Å²) in [6, 6.07) is 12.3. The SMILES string of the molecule is COc1ccc(NS(=O)(=O)Cc2ccccc2C)cc1OC. The zero-order valence-corrected chi connectivity index (χ0v) is 13.6. The van der Waals surface area contributed by atoms with Gasteiger partial charge < -0.3 is 9.47 Å². The smallest absolute Gasteiger partial charge is 0.236 e. The van der Waals surface area contributed by atoms with Gasteiger partial charge in [0.05, 0.1) is 25.7 Å². The molecular formula is C16H19NO4S.